The highest BCUT2D eigenvalue weighted by Gasteiger charge is 2.41. The monoisotopic (exact) mass is 535 g/mol. The first-order valence-corrected chi connectivity index (χ1v) is 11.5. The van der Waals surface area contributed by atoms with E-state index in [2.05, 4.69) is 10.4 Å². The van der Waals surface area contributed by atoms with E-state index in [0.717, 1.165) is 12.8 Å². The zero-order valence-electron chi connectivity index (χ0n) is 17.6. The third-order valence-corrected chi connectivity index (χ3v) is 6.05. The summed E-state index contributed by atoms with van der Waals surface area (Å²) in [6, 6.07) is 7.92. The molecule has 0 atom stereocenters. The summed E-state index contributed by atoms with van der Waals surface area (Å²) >= 11 is 17.9. The van der Waals surface area contributed by atoms with Crippen LogP contribution >= 0.6 is 34.8 Å². The molecule has 0 radical (unpaired) electrons. The molecule has 0 aliphatic heterocycles. The molecule has 0 saturated heterocycles. The summed E-state index contributed by atoms with van der Waals surface area (Å²) in [6.45, 7) is 0.468. The number of carbonyl (C=O) groups is 1. The number of rotatable bonds is 9. The Morgan fingerprint density at radius 1 is 1.21 bits per heavy atom. The summed E-state index contributed by atoms with van der Waals surface area (Å²) in [5.74, 6) is 0.466. The molecule has 12 heteroatoms. The minimum Gasteiger partial charge on any atom is -0.484 e. The Morgan fingerprint density at radius 3 is 2.65 bits per heavy atom. The van der Waals surface area contributed by atoms with Gasteiger partial charge in [-0.25, -0.2) is 0 Å². The number of aromatic nitrogens is 2. The average molecular weight is 537 g/mol. The summed E-state index contributed by atoms with van der Waals surface area (Å²) in [6.07, 6.45) is -2.67. The molecule has 1 aromatic carbocycles. The number of aryl methyl sites for hydroxylation is 1. The summed E-state index contributed by atoms with van der Waals surface area (Å²) in [4.78, 5) is 12.3. The van der Waals surface area contributed by atoms with Gasteiger partial charge in [-0.05, 0) is 49.6 Å². The van der Waals surface area contributed by atoms with E-state index in [1.807, 2.05) is 0 Å². The van der Waals surface area contributed by atoms with E-state index in [0.29, 0.717) is 33.7 Å². The molecule has 0 spiro atoms. The van der Waals surface area contributed by atoms with E-state index in [1.54, 1.807) is 24.3 Å². The van der Waals surface area contributed by atoms with E-state index >= 15 is 0 Å². The number of hydrogen-bond acceptors (Lipinski definition) is 4. The minimum atomic E-state index is -4.61. The quantitative estimate of drug-likeness (QED) is 0.308. The summed E-state index contributed by atoms with van der Waals surface area (Å²) in [5.41, 5.74) is -0.651. The number of amides is 1. The summed E-state index contributed by atoms with van der Waals surface area (Å²) in [5, 5.41) is 6.86. The molecule has 1 aliphatic rings. The molecule has 182 valence electrons. The largest absolute Gasteiger partial charge is 0.484 e. The Balaban J connectivity index is 1.28. The van der Waals surface area contributed by atoms with E-state index in [4.69, 9.17) is 44.0 Å². The number of hydrogen-bond donors (Lipinski definition) is 1. The molecule has 34 heavy (non-hydrogen) atoms. The van der Waals surface area contributed by atoms with Crippen LogP contribution in [-0.4, -0.2) is 22.2 Å². The van der Waals surface area contributed by atoms with Crippen molar-refractivity contribution in [3.8, 4) is 5.75 Å². The van der Waals surface area contributed by atoms with Gasteiger partial charge in [0.25, 0.3) is 5.91 Å². The molecule has 2 heterocycles. The fraction of sp³-hybridized carbons (Fsp3) is 0.364. The third kappa shape index (κ3) is 5.82. The van der Waals surface area contributed by atoms with Gasteiger partial charge in [0.2, 0.25) is 0 Å². The molecule has 3 aromatic rings. The van der Waals surface area contributed by atoms with Gasteiger partial charge in [-0.3, -0.25) is 9.48 Å². The zero-order chi connectivity index (χ0) is 24.5. The first-order valence-electron chi connectivity index (χ1n) is 10.4. The summed E-state index contributed by atoms with van der Waals surface area (Å²) in [7, 11) is 0. The molecule has 0 bridgehead atoms. The highest BCUT2D eigenvalue weighted by atomic mass is 35.5. The van der Waals surface area contributed by atoms with Crippen LogP contribution in [0.3, 0.4) is 0 Å². The Kier molecular flexibility index (Phi) is 7.35. The predicted molar refractivity (Wildman–Crippen MR) is 121 cm³/mol. The molecule has 1 N–H and O–H groups in total. The molecular weight excluding hydrogens is 518 g/mol. The van der Waals surface area contributed by atoms with Gasteiger partial charge in [-0.2, -0.15) is 18.3 Å². The maximum absolute atomic E-state index is 13.1. The number of alkyl halides is 3. The van der Waals surface area contributed by atoms with Crippen molar-refractivity contribution in [1.29, 1.82) is 0 Å². The predicted octanol–water partition coefficient (Wildman–Crippen LogP) is 6.73. The van der Waals surface area contributed by atoms with E-state index in [1.165, 1.54) is 10.7 Å². The van der Waals surface area contributed by atoms with Crippen molar-refractivity contribution in [2.24, 2.45) is 0 Å². The molecule has 4 rings (SSSR count). The minimum absolute atomic E-state index is 0.00259. The number of furan rings is 1. The van der Waals surface area contributed by atoms with Crippen LogP contribution < -0.4 is 10.1 Å². The molecular formula is C22H19Cl3F3N3O3. The lowest BCUT2D eigenvalue weighted by atomic mass is 10.2. The van der Waals surface area contributed by atoms with Gasteiger partial charge in [-0.15, -0.1) is 0 Å². The fourth-order valence-electron chi connectivity index (χ4n) is 3.39. The number of benzene rings is 1. The lowest BCUT2D eigenvalue weighted by Gasteiger charge is -2.08. The van der Waals surface area contributed by atoms with Crippen LogP contribution in [0.25, 0.3) is 0 Å². The van der Waals surface area contributed by atoms with Crippen molar-refractivity contribution in [3.63, 3.8) is 0 Å². The third-order valence-electron chi connectivity index (χ3n) is 5.15. The van der Waals surface area contributed by atoms with Crippen molar-refractivity contribution in [2.75, 3.05) is 6.54 Å². The van der Waals surface area contributed by atoms with Crippen molar-refractivity contribution in [2.45, 2.75) is 44.5 Å². The van der Waals surface area contributed by atoms with E-state index < -0.39 is 17.8 Å². The Hall–Kier alpha value is -2.36. The first-order chi connectivity index (χ1) is 16.1. The van der Waals surface area contributed by atoms with Gasteiger partial charge >= 0.3 is 6.18 Å². The zero-order valence-corrected chi connectivity index (χ0v) is 19.9. The SMILES string of the molecule is O=C(NCCCn1nc(C(F)(F)F)c(Cl)c1C1CC1)c1ccc(COc2ccc(Cl)cc2Cl)o1. The second kappa shape index (κ2) is 10.1. The van der Waals surface area contributed by atoms with Gasteiger partial charge in [0.15, 0.2) is 11.5 Å². The van der Waals surface area contributed by atoms with Crippen LogP contribution in [0.5, 0.6) is 5.75 Å². The molecule has 2 aromatic heterocycles. The van der Waals surface area contributed by atoms with Gasteiger partial charge in [0.1, 0.15) is 18.1 Å². The van der Waals surface area contributed by atoms with Crippen LogP contribution in [0.1, 0.15) is 52.9 Å². The molecule has 1 saturated carbocycles. The second-order valence-corrected chi connectivity index (χ2v) is 9.00. The number of ether oxygens (including phenoxy) is 1. The van der Waals surface area contributed by atoms with Crippen molar-refractivity contribution >= 4 is 40.7 Å². The highest BCUT2D eigenvalue weighted by Crippen LogP contribution is 2.46. The Bertz CT molecular complexity index is 1190. The Labute approximate surface area is 207 Å². The van der Waals surface area contributed by atoms with Gasteiger partial charge in [-0.1, -0.05) is 34.8 Å². The smallest absolute Gasteiger partial charge is 0.436 e. The maximum Gasteiger partial charge on any atom is 0.436 e. The molecule has 1 aliphatic carbocycles. The van der Waals surface area contributed by atoms with Crippen LogP contribution in [-0.2, 0) is 19.3 Å². The van der Waals surface area contributed by atoms with Gasteiger partial charge in [0.05, 0.1) is 15.7 Å². The molecule has 0 unspecified atom stereocenters. The first kappa shape index (κ1) is 24.8. The second-order valence-electron chi connectivity index (χ2n) is 7.78. The fourth-order valence-corrected chi connectivity index (χ4v) is 4.25. The molecule has 6 nitrogen and oxygen atoms in total. The molecule has 1 fully saturated rings. The van der Waals surface area contributed by atoms with E-state index in [9.17, 15) is 18.0 Å². The number of nitrogens with one attached hydrogen (secondary N) is 1. The van der Waals surface area contributed by atoms with Crippen LogP contribution in [0.2, 0.25) is 15.1 Å². The van der Waals surface area contributed by atoms with Gasteiger partial charge < -0.3 is 14.5 Å². The van der Waals surface area contributed by atoms with Crippen LogP contribution in [0.4, 0.5) is 13.2 Å². The maximum atomic E-state index is 13.1. The number of nitrogens with zero attached hydrogens (tertiary/aromatic N) is 2. The van der Waals surface area contributed by atoms with Crippen molar-refractivity contribution < 1.29 is 27.1 Å². The average Bonchev–Trinajstić information content (AvgIpc) is 3.37. The standard InChI is InChI=1S/C22H19Cl3F3N3O3/c23-13-4-6-16(15(24)10-13)33-11-14-5-7-17(34-14)21(32)29-8-1-9-31-19(12-2-3-12)18(25)20(30-31)22(26,27)28/h4-7,10,12H,1-3,8-9,11H2,(H,29,32). The Morgan fingerprint density at radius 2 is 1.97 bits per heavy atom. The van der Waals surface area contributed by atoms with Crippen molar-refractivity contribution in [3.05, 3.63) is 68.3 Å². The topological polar surface area (TPSA) is 69.3 Å². The van der Waals surface area contributed by atoms with Crippen LogP contribution in [0.15, 0.2) is 34.7 Å². The number of carbonyl (C=O) groups excluding carboxylic acids is 1. The summed E-state index contributed by atoms with van der Waals surface area (Å²) < 4.78 is 51.8. The van der Waals surface area contributed by atoms with Gasteiger partial charge in [0, 0.05) is 24.0 Å². The van der Waals surface area contributed by atoms with Crippen LogP contribution in [0, 0.1) is 0 Å². The van der Waals surface area contributed by atoms with Crippen molar-refractivity contribution in [1.82, 2.24) is 15.1 Å². The molecule has 1 amide bonds. The highest BCUT2D eigenvalue weighted by molar-refractivity contribution is 6.35. The number of halogens is 6. The lowest BCUT2D eigenvalue weighted by molar-refractivity contribution is -0.141. The lowest BCUT2D eigenvalue weighted by Crippen LogP contribution is -2.25. The van der Waals surface area contributed by atoms with E-state index in [-0.39, 0.29) is 36.4 Å². The normalized spacial score (nSPS) is 13.8.